The van der Waals surface area contributed by atoms with Crippen molar-refractivity contribution in [3.05, 3.63) is 46.8 Å². The lowest BCUT2D eigenvalue weighted by molar-refractivity contribution is 0.213. The normalized spacial score (nSPS) is 12.5. The Morgan fingerprint density at radius 2 is 2.00 bits per heavy atom. The van der Waals surface area contributed by atoms with Crippen LogP contribution in [0.5, 0.6) is 5.75 Å². The van der Waals surface area contributed by atoms with Crippen LogP contribution in [-0.4, -0.2) is 22.0 Å². The van der Waals surface area contributed by atoms with Crippen LogP contribution in [0.3, 0.4) is 0 Å². The Morgan fingerprint density at radius 1 is 1.28 bits per heavy atom. The Balaban J connectivity index is 2.42. The molecule has 0 bridgehead atoms. The fourth-order valence-electron chi connectivity index (χ4n) is 2.06. The average molecular weight is 246 g/mol. The van der Waals surface area contributed by atoms with Gasteiger partial charge in [-0.3, -0.25) is 4.68 Å². The molecule has 2 rings (SSSR count). The van der Waals surface area contributed by atoms with Gasteiger partial charge in [-0.15, -0.1) is 0 Å². The van der Waals surface area contributed by atoms with E-state index in [1.165, 1.54) is 0 Å². The molecule has 0 aliphatic heterocycles. The van der Waals surface area contributed by atoms with E-state index in [0.29, 0.717) is 5.69 Å². The predicted molar refractivity (Wildman–Crippen MR) is 69.7 cm³/mol. The van der Waals surface area contributed by atoms with Gasteiger partial charge in [0.05, 0.1) is 12.8 Å². The quantitative estimate of drug-likeness (QED) is 0.902. The minimum Gasteiger partial charge on any atom is -0.496 e. The van der Waals surface area contributed by atoms with E-state index in [1.54, 1.807) is 11.8 Å². The maximum atomic E-state index is 10.4. The summed E-state index contributed by atoms with van der Waals surface area (Å²) in [4.78, 5) is 0. The predicted octanol–water partition coefficient (Wildman–Crippen LogP) is 2.13. The molecule has 1 aromatic heterocycles. The fourth-order valence-corrected chi connectivity index (χ4v) is 2.06. The summed E-state index contributed by atoms with van der Waals surface area (Å²) in [6.07, 6.45) is 1.13. The van der Waals surface area contributed by atoms with Crippen molar-refractivity contribution in [2.75, 3.05) is 7.11 Å². The number of ether oxygens (including phenoxy) is 1. The molecule has 1 aromatic carbocycles. The summed E-state index contributed by atoms with van der Waals surface area (Å²) in [7, 11) is 3.49. The van der Waals surface area contributed by atoms with Gasteiger partial charge in [-0.2, -0.15) is 5.10 Å². The zero-order valence-electron chi connectivity index (χ0n) is 11.1. The Morgan fingerprint density at radius 3 is 2.56 bits per heavy atom. The molecule has 4 heteroatoms. The summed E-state index contributed by atoms with van der Waals surface area (Å²) in [5, 5.41) is 14.6. The monoisotopic (exact) mass is 246 g/mol. The highest BCUT2D eigenvalue weighted by molar-refractivity contribution is 5.44. The zero-order valence-corrected chi connectivity index (χ0v) is 11.1. The van der Waals surface area contributed by atoms with E-state index < -0.39 is 6.10 Å². The lowest BCUT2D eigenvalue weighted by Crippen LogP contribution is -2.05. The summed E-state index contributed by atoms with van der Waals surface area (Å²) in [5.41, 5.74) is 3.53. The lowest BCUT2D eigenvalue weighted by Gasteiger charge is -2.15. The fraction of sp³-hybridized carbons (Fsp3) is 0.357. The van der Waals surface area contributed by atoms with Crippen LogP contribution >= 0.6 is 0 Å². The number of aliphatic hydroxyl groups is 1. The van der Waals surface area contributed by atoms with E-state index in [9.17, 15) is 5.11 Å². The number of hydrogen-bond donors (Lipinski definition) is 1. The Bertz CT molecular complexity index is 561. The number of rotatable bonds is 3. The van der Waals surface area contributed by atoms with Crippen LogP contribution in [0, 0.1) is 13.8 Å². The van der Waals surface area contributed by atoms with Gasteiger partial charge in [-0.1, -0.05) is 0 Å². The Kier molecular flexibility index (Phi) is 3.39. The summed E-state index contributed by atoms with van der Waals surface area (Å²) in [5.74, 6) is 0.837. The van der Waals surface area contributed by atoms with Crippen molar-refractivity contribution < 1.29 is 9.84 Å². The molecule has 4 nitrogen and oxygen atoms in total. The van der Waals surface area contributed by atoms with Crippen LogP contribution in [0.25, 0.3) is 0 Å². The molecule has 1 heterocycles. The molecular weight excluding hydrogens is 228 g/mol. The molecule has 96 valence electrons. The molecule has 0 aliphatic rings. The van der Waals surface area contributed by atoms with Crippen LogP contribution < -0.4 is 4.74 Å². The van der Waals surface area contributed by atoms with Gasteiger partial charge in [0.15, 0.2) is 0 Å². The molecule has 0 saturated carbocycles. The smallest absolute Gasteiger partial charge is 0.123 e. The number of aryl methyl sites for hydroxylation is 3. The number of benzene rings is 1. The largest absolute Gasteiger partial charge is 0.496 e. The number of methoxy groups -OCH3 is 1. The highest BCUT2D eigenvalue weighted by atomic mass is 16.5. The number of hydrogen-bond acceptors (Lipinski definition) is 3. The van der Waals surface area contributed by atoms with Crippen molar-refractivity contribution in [2.24, 2.45) is 7.05 Å². The molecule has 1 atom stereocenters. The second-order valence-electron chi connectivity index (χ2n) is 4.50. The van der Waals surface area contributed by atoms with Crippen LogP contribution in [-0.2, 0) is 7.05 Å². The first-order valence-electron chi connectivity index (χ1n) is 5.85. The highest BCUT2D eigenvalue weighted by Crippen LogP contribution is 2.29. The van der Waals surface area contributed by atoms with Crippen LogP contribution in [0.2, 0.25) is 0 Å². The molecule has 0 radical (unpaired) electrons. The van der Waals surface area contributed by atoms with E-state index in [-0.39, 0.29) is 0 Å². The van der Waals surface area contributed by atoms with Crippen molar-refractivity contribution in [3.63, 3.8) is 0 Å². The van der Waals surface area contributed by atoms with Gasteiger partial charge in [0.25, 0.3) is 0 Å². The molecular formula is C14H18N2O2. The van der Waals surface area contributed by atoms with Gasteiger partial charge in [0.1, 0.15) is 11.9 Å². The highest BCUT2D eigenvalue weighted by Gasteiger charge is 2.17. The van der Waals surface area contributed by atoms with Gasteiger partial charge in [0, 0.05) is 13.2 Å². The first kappa shape index (κ1) is 12.6. The third-order valence-electron chi connectivity index (χ3n) is 3.09. The minimum atomic E-state index is -0.698. The number of nitrogens with zero attached hydrogens (tertiary/aromatic N) is 2. The summed E-state index contributed by atoms with van der Waals surface area (Å²) < 4.78 is 6.95. The minimum absolute atomic E-state index is 0.658. The van der Waals surface area contributed by atoms with E-state index in [2.05, 4.69) is 5.10 Å². The first-order chi connectivity index (χ1) is 8.52. The van der Waals surface area contributed by atoms with E-state index >= 15 is 0 Å². The molecule has 0 aliphatic carbocycles. The zero-order chi connectivity index (χ0) is 13.3. The second-order valence-corrected chi connectivity index (χ2v) is 4.50. The Labute approximate surface area is 107 Å². The second kappa shape index (κ2) is 4.82. The third kappa shape index (κ3) is 2.24. The van der Waals surface area contributed by atoms with Crippen molar-refractivity contribution in [2.45, 2.75) is 20.0 Å². The molecule has 1 N–H and O–H groups in total. The topological polar surface area (TPSA) is 47.3 Å². The first-order valence-corrected chi connectivity index (χ1v) is 5.85. The maximum absolute atomic E-state index is 10.4. The molecule has 0 fully saturated rings. The molecule has 0 amide bonds. The Hall–Kier alpha value is -1.81. The van der Waals surface area contributed by atoms with Gasteiger partial charge in [0.2, 0.25) is 0 Å². The lowest BCUT2D eigenvalue weighted by atomic mass is 9.98. The third-order valence-corrected chi connectivity index (χ3v) is 3.09. The molecule has 2 aromatic rings. The van der Waals surface area contributed by atoms with Gasteiger partial charge in [-0.05, 0) is 48.7 Å². The summed E-state index contributed by atoms with van der Waals surface area (Å²) in [6, 6.07) is 5.72. The van der Waals surface area contributed by atoms with Crippen molar-refractivity contribution in [1.82, 2.24) is 9.78 Å². The maximum Gasteiger partial charge on any atom is 0.123 e. The van der Waals surface area contributed by atoms with Crippen molar-refractivity contribution in [3.8, 4) is 5.75 Å². The van der Waals surface area contributed by atoms with E-state index in [1.807, 2.05) is 45.3 Å². The van der Waals surface area contributed by atoms with Crippen LogP contribution in [0.15, 0.2) is 24.4 Å². The number of aromatic nitrogens is 2. The standard InChI is InChI=1S/C14H18N2O2/c1-9-8-13(18-4)10(2)7-11(9)14(17)12-5-6-16(3)15-12/h5-8,14,17H,1-4H3. The van der Waals surface area contributed by atoms with Crippen LogP contribution in [0.1, 0.15) is 28.5 Å². The van der Waals surface area contributed by atoms with Crippen LogP contribution in [0.4, 0.5) is 0 Å². The number of aliphatic hydroxyl groups excluding tert-OH is 1. The molecule has 0 spiro atoms. The van der Waals surface area contributed by atoms with E-state index in [0.717, 1.165) is 22.4 Å². The summed E-state index contributed by atoms with van der Waals surface area (Å²) in [6.45, 7) is 3.93. The molecule has 0 saturated heterocycles. The van der Waals surface area contributed by atoms with Gasteiger partial charge < -0.3 is 9.84 Å². The van der Waals surface area contributed by atoms with Gasteiger partial charge >= 0.3 is 0 Å². The molecule has 18 heavy (non-hydrogen) atoms. The van der Waals surface area contributed by atoms with Crippen molar-refractivity contribution >= 4 is 0 Å². The van der Waals surface area contributed by atoms with Gasteiger partial charge in [-0.25, -0.2) is 0 Å². The average Bonchev–Trinajstić information content (AvgIpc) is 2.77. The SMILES string of the molecule is COc1cc(C)c(C(O)c2ccn(C)n2)cc1C. The van der Waals surface area contributed by atoms with Crippen molar-refractivity contribution in [1.29, 1.82) is 0 Å². The van der Waals surface area contributed by atoms with E-state index in [4.69, 9.17) is 4.74 Å². The summed E-state index contributed by atoms with van der Waals surface area (Å²) >= 11 is 0. The molecule has 1 unspecified atom stereocenters.